The van der Waals surface area contributed by atoms with E-state index in [-0.39, 0.29) is 28.9 Å². The SMILES string of the molecule is COC(=O)Cc1cc(=O)[nH]c(SCC(=O)Nc2ccc(SC#N)cc2C)n1. The van der Waals surface area contributed by atoms with Crippen LogP contribution in [0.15, 0.2) is 39.1 Å². The Morgan fingerprint density at radius 1 is 1.37 bits per heavy atom. The Bertz CT molecular complexity index is 953. The molecule has 140 valence electrons. The highest BCUT2D eigenvalue weighted by Gasteiger charge is 2.11. The maximum absolute atomic E-state index is 12.2. The van der Waals surface area contributed by atoms with Gasteiger partial charge in [0.25, 0.3) is 5.56 Å². The van der Waals surface area contributed by atoms with Gasteiger partial charge in [0, 0.05) is 16.6 Å². The number of nitrogens with one attached hydrogen (secondary N) is 2. The Morgan fingerprint density at radius 2 is 2.15 bits per heavy atom. The van der Waals surface area contributed by atoms with Crippen LogP contribution in [0.1, 0.15) is 11.3 Å². The molecule has 1 aromatic carbocycles. The summed E-state index contributed by atoms with van der Waals surface area (Å²) in [5.74, 6) is -0.751. The fourth-order valence-corrected chi connectivity index (χ4v) is 3.25. The number of rotatable bonds is 7. The number of nitriles is 1. The third-order valence-corrected chi connectivity index (χ3v) is 4.76. The number of aryl methyl sites for hydroxylation is 1. The van der Waals surface area contributed by atoms with Gasteiger partial charge in [-0.05, 0) is 42.4 Å². The van der Waals surface area contributed by atoms with Crippen molar-refractivity contribution in [3.05, 3.63) is 45.9 Å². The summed E-state index contributed by atoms with van der Waals surface area (Å²) in [5, 5.41) is 13.7. The van der Waals surface area contributed by atoms with Gasteiger partial charge in [0.05, 0.1) is 25.0 Å². The normalized spacial score (nSPS) is 10.1. The predicted molar refractivity (Wildman–Crippen MR) is 103 cm³/mol. The fraction of sp³-hybridized carbons (Fsp3) is 0.235. The molecule has 2 aromatic rings. The Balaban J connectivity index is 1.98. The standard InChI is InChI=1S/C17H16N4O4S2/c1-10-5-12(27-9-18)3-4-13(10)20-15(23)8-26-17-19-11(6-14(22)21-17)7-16(24)25-2/h3-6H,7-8H2,1-2H3,(H,20,23)(H,19,21,22). The summed E-state index contributed by atoms with van der Waals surface area (Å²) in [7, 11) is 1.25. The molecular weight excluding hydrogens is 388 g/mol. The lowest BCUT2D eigenvalue weighted by atomic mass is 10.2. The zero-order chi connectivity index (χ0) is 19.8. The summed E-state index contributed by atoms with van der Waals surface area (Å²) in [4.78, 5) is 42.6. The van der Waals surface area contributed by atoms with E-state index < -0.39 is 11.5 Å². The second-order valence-electron chi connectivity index (χ2n) is 5.30. The number of amides is 1. The van der Waals surface area contributed by atoms with Crippen molar-refractivity contribution in [2.75, 3.05) is 18.2 Å². The minimum Gasteiger partial charge on any atom is -0.469 e. The molecule has 0 fully saturated rings. The van der Waals surface area contributed by atoms with Crippen LogP contribution in [0.4, 0.5) is 5.69 Å². The minimum absolute atomic E-state index is 0.0265. The van der Waals surface area contributed by atoms with Crippen LogP contribution >= 0.6 is 23.5 Å². The van der Waals surface area contributed by atoms with Gasteiger partial charge in [0.1, 0.15) is 5.40 Å². The number of aromatic amines is 1. The van der Waals surface area contributed by atoms with Gasteiger partial charge in [0.15, 0.2) is 5.16 Å². The average molecular weight is 404 g/mol. The van der Waals surface area contributed by atoms with Gasteiger partial charge in [-0.2, -0.15) is 5.26 Å². The molecule has 0 radical (unpaired) electrons. The Kier molecular flexibility index (Phi) is 7.45. The molecule has 0 unspecified atom stereocenters. The average Bonchev–Trinajstić information content (AvgIpc) is 2.62. The lowest BCUT2D eigenvalue weighted by Gasteiger charge is -2.09. The molecule has 0 bridgehead atoms. The number of esters is 1. The first-order valence-corrected chi connectivity index (χ1v) is 9.47. The zero-order valence-corrected chi connectivity index (χ0v) is 16.2. The van der Waals surface area contributed by atoms with Crippen molar-refractivity contribution in [2.24, 2.45) is 0 Å². The summed E-state index contributed by atoms with van der Waals surface area (Å²) < 4.78 is 4.55. The number of carbonyl (C=O) groups excluding carboxylic acids is 2. The highest BCUT2D eigenvalue weighted by atomic mass is 32.2. The minimum atomic E-state index is -0.504. The first-order valence-electron chi connectivity index (χ1n) is 7.67. The van der Waals surface area contributed by atoms with E-state index >= 15 is 0 Å². The van der Waals surface area contributed by atoms with Gasteiger partial charge >= 0.3 is 5.97 Å². The summed E-state index contributed by atoms with van der Waals surface area (Å²) in [6.07, 6.45) is -0.119. The molecule has 0 aliphatic carbocycles. The summed E-state index contributed by atoms with van der Waals surface area (Å²) >= 11 is 2.10. The number of thioether (sulfide) groups is 2. The Hall–Kier alpha value is -2.77. The number of nitrogens with zero attached hydrogens (tertiary/aromatic N) is 2. The van der Waals surface area contributed by atoms with E-state index in [1.807, 2.05) is 18.4 Å². The quantitative estimate of drug-likeness (QED) is 0.311. The second-order valence-corrected chi connectivity index (χ2v) is 7.12. The number of hydrogen-bond acceptors (Lipinski definition) is 8. The largest absolute Gasteiger partial charge is 0.469 e. The van der Waals surface area contributed by atoms with Crippen molar-refractivity contribution < 1.29 is 14.3 Å². The van der Waals surface area contributed by atoms with Gasteiger partial charge < -0.3 is 15.0 Å². The highest BCUT2D eigenvalue weighted by molar-refractivity contribution is 8.03. The molecule has 8 nitrogen and oxygen atoms in total. The maximum atomic E-state index is 12.2. The third kappa shape index (κ3) is 6.47. The van der Waals surface area contributed by atoms with E-state index in [1.54, 1.807) is 12.1 Å². The van der Waals surface area contributed by atoms with Gasteiger partial charge in [-0.1, -0.05) is 11.8 Å². The molecule has 0 saturated heterocycles. The summed E-state index contributed by atoms with van der Waals surface area (Å²) in [6, 6.07) is 6.50. The van der Waals surface area contributed by atoms with E-state index in [4.69, 9.17) is 5.26 Å². The predicted octanol–water partition coefficient (Wildman–Crippen LogP) is 2.10. The smallest absolute Gasteiger partial charge is 0.311 e. The third-order valence-electron chi connectivity index (χ3n) is 3.30. The van der Waals surface area contributed by atoms with Crippen LogP contribution in [0.2, 0.25) is 0 Å². The van der Waals surface area contributed by atoms with Crippen molar-refractivity contribution in [3.8, 4) is 5.40 Å². The molecule has 0 atom stereocenters. The van der Waals surface area contributed by atoms with E-state index in [2.05, 4.69) is 20.0 Å². The molecular formula is C17H16N4O4S2. The molecule has 10 heteroatoms. The number of thiocyanates is 1. The number of carbonyl (C=O) groups is 2. The number of methoxy groups -OCH3 is 1. The van der Waals surface area contributed by atoms with Crippen molar-refractivity contribution in [1.82, 2.24) is 9.97 Å². The topological polar surface area (TPSA) is 125 Å². The van der Waals surface area contributed by atoms with Crippen molar-refractivity contribution in [3.63, 3.8) is 0 Å². The lowest BCUT2D eigenvalue weighted by molar-refractivity contribution is -0.139. The number of benzene rings is 1. The molecule has 0 aliphatic heterocycles. The van der Waals surface area contributed by atoms with Crippen LogP contribution in [0.25, 0.3) is 0 Å². The molecule has 1 aromatic heterocycles. The van der Waals surface area contributed by atoms with Crippen molar-refractivity contribution in [1.29, 1.82) is 5.26 Å². The molecule has 27 heavy (non-hydrogen) atoms. The van der Waals surface area contributed by atoms with Crippen LogP contribution in [-0.4, -0.2) is 34.7 Å². The lowest BCUT2D eigenvalue weighted by Crippen LogP contribution is -2.17. The van der Waals surface area contributed by atoms with Crippen LogP contribution in [0.3, 0.4) is 0 Å². The van der Waals surface area contributed by atoms with Gasteiger partial charge in [-0.15, -0.1) is 0 Å². The number of anilines is 1. The molecule has 2 N–H and O–H groups in total. The van der Waals surface area contributed by atoms with Gasteiger partial charge in [-0.25, -0.2) is 4.98 Å². The number of H-pyrrole nitrogens is 1. The summed E-state index contributed by atoms with van der Waals surface area (Å²) in [6.45, 7) is 1.83. The molecule has 0 spiro atoms. The van der Waals surface area contributed by atoms with Crippen LogP contribution in [-0.2, 0) is 20.7 Å². The van der Waals surface area contributed by atoms with Gasteiger partial charge in [0.2, 0.25) is 5.91 Å². The van der Waals surface area contributed by atoms with Crippen molar-refractivity contribution >= 4 is 41.1 Å². The first-order chi connectivity index (χ1) is 12.9. The Labute approximate surface area is 163 Å². The zero-order valence-electron chi connectivity index (χ0n) is 14.6. The molecule has 0 saturated carbocycles. The van der Waals surface area contributed by atoms with E-state index in [0.29, 0.717) is 5.69 Å². The molecule has 2 rings (SSSR count). The highest BCUT2D eigenvalue weighted by Crippen LogP contribution is 2.23. The van der Waals surface area contributed by atoms with Gasteiger partial charge in [-0.3, -0.25) is 14.4 Å². The second kappa shape index (κ2) is 9.80. The molecule has 1 heterocycles. The number of aromatic nitrogens is 2. The Morgan fingerprint density at radius 3 is 2.81 bits per heavy atom. The van der Waals surface area contributed by atoms with Crippen LogP contribution < -0.4 is 10.9 Å². The van der Waals surface area contributed by atoms with E-state index in [0.717, 1.165) is 34.0 Å². The number of ether oxygens (including phenoxy) is 1. The first kappa shape index (κ1) is 20.5. The van der Waals surface area contributed by atoms with E-state index in [9.17, 15) is 14.4 Å². The fourth-order valence-electron chi connectivity index (χ4n) is 2.08. The number of hydrogen-bond donors (Lipinski definition) is 2. The van der Waals surface area contributed by atoms with E-state index in [1.165, 1.54) is 13.2 Å². The van der Waals surface area contributed by atoms with Crippen LogP contribution in [0, 0.1) is 17.6 Å². The molecule has 0 aliphatic rings. The molecule has 1 amide bonds. The summed E-state index contributed by atoms with van der Waals surface area (Å²) in [5.41, 5.74) is 1.34. The van der Waals surface area contributed by atoms with Crippen LogP contribution in [0.5, 0.6) is 0 Å². The maximum Gasteiger partial charge on any atom is 0.311 e. The monoisotopic (exact) mass is 404 g/mol. The van der Waals surface area contributed by atoms with Crippen molar-refractivity contribution in [2.45, 2.75) is 23.4 Å².